The third kappa shape index (κ3) is 4.07. The molecule has 0 saturated carbocycles. The molecule has 0 aliphatic rings. The predicted octanol–water partition coefficient (Wildman–Crippen LogP) is 2.15. The molecule has 1 rings (SSSR count). The third-order valence-electron chi connectivity index (χ3n) is 3.22. The van der Waals surface area contributed by atoms with E-state index in [1.807, 2.05) is 6.92 Å². The molecule has 0 saturated heterocycles. The first-order chi connectivity index (χ1) is 9.71. The van der Waals surface area contributed by atoms with Crippen LogP contribution in [0.5, 0.6) is 0 Å². The molecule has 0 aliphatic carbocycles. The van der Waals surface area contributed by atoms with Crippen LogP contribution >= 0.6 is 11.6 Å². The van der Waals surface area contributed by atoms with Crippen LogP contribution in [0.15, 0.2) is 6.08 Å². The fraction of sp³-hybridized carbons (Fsp3) is 0.500. The molecule has 1 aromatic heterocycles. The zero-order valence-electron chi connectivity index (χ0n) is 12.6. The Kier molecular flexibility index (Phi) is 5.54. The van der Waals surface area contributed by atoms with Gasteiger partial charge in [0.1, 0.15) is 10.7 Å². The summed E-state index contributed by atoms with van der Waals surface area (Å²) in [5.41, 5.74) is 0.0622. The minimum absolute atomic E-state index is 0.356. The van der Waals surface area contributed by atoms with Crippen molar-refractivity contribution in [3.8, 4) is 0 Å². The average molecular weight is 314 g/mol. The van der Waals surface area contributed by atoms with E-state index in [1.54, 1.807) is 14.0 Å². The molecular weight excluding hydrogens is 294 g/mol. The van der Waals surface area contributed by atoms with Gasteiger partial charge in [0.05, 0.1) is 5.69 Å². The van der Waals surface area contributed by atoms with Gasteiger partial charge in [0.25, 0.3) is 0 Å². The maximum atomic E-state index is 11.9. The van der Waals surface area contributed by atoms with Crippen molar-refractivity contribution in [2.45, 2.75) is 39.2 Å². The first kappa shape index (κ1) is 17.2. The Morgan fingerprint density at radius 3 is 2.57 bits per heavy atom. The molecule has 0 spiro atoms. The standard InChI is InChI=1S/C14H20ClN3O3/c1-5-8-14(3,13(20)21)16-11(19)7-6-10-9(2)17-18(4)12(10)15/h6-7H,5,8H2,1-4H3,(H,16,19)(H,20,21)/b7-6+. The van der Waals surface area contributed by atoms with Gasteiger partial charge in [0.2, 0.25) is 5.91 Å². The Hall–Kier alpha value is -1.82. The van der Waals surface area contributed by atoms with Crippen LogP contribution in [0.25, 0.3) is 6.08 Å². The highest BCUT2D eigenvalue weighted by molar-refractivity contribution is 6.31. The molecule has 6 nitrogen and oxygen atoms in total. The molecule has 0 aromatic carbocycles. The van der Waals surface area contributed by atoms with Crippen molar-refractivity contribution in [2.75, 3.05) is 0 Å². The second-order valence-electron chi connectivity index (χ2n) is 5.12. The summed E-state index contributed by atoms with van der Waals surface area (Å²) in [5, 5.41) is 16.3. The quantitative estimate of drug-likeness (QED) is 0.788. The number of carbonyl (C=O) groups excluding carboxylic acids is 1. The normalized spacial score (nSPS) is 14.1. The van der Waals surface area contributed by atoms with E-state index in [9.17, 15) is 14.7 Å². The number of halogens is 1. The van der Waals surface area contributed by atoms with Crippen molar-refractivity contribution in [1.82, 2.24) is 15.1 Å². The van der Waals surface area contributed by atoms with Crippen LogP contribution in [0.1, 0.15) is 37.9 Å². The number of hydrogen-bond donors (Lipinski definition) is 2. The number of carbonyl (C=O) groups is 2. The smallest absolute Gasteiger partial charge is 0.329 e. The number of carboxylic acids is 1. The monoisotopic (exact) mass is 313 g/mol. The lowest BCUT2D eigenvalue weighted by atomic mass is 9.96. The Morgan fingerprint density at radius 1 is 1.52 bits per heavy atom. The Labute approximate surface area is 128 Å². The number of nitrogens with one attached hydrogen (secondary N) is 1. The van der Waals surface area contributed by atoms with Gasteiger partial charge in [-0.3, -0.25) is 9.48 Å². The number of aromatic nitrogens is 2. The van der Waals surface area contributed by atoms with Gasteiger partial charge < -0.3 is 10.4 Å². The molecule has 0 aliphatic heterocycles. The van der Waals surface area contributed by atoms with Gasteiger partial charge >= 0.3 is 5.97 Å². The second-order valence-corrected chi connectivity index (χ2v) is 5.48. The van der Waals surface area contributed by atoms with Gasteiger partial charge in [-0.15, -0.1) is 0 Å². The first-order valence-electron chi connectivity index (χ1n) is 6.64. The van der Waals surface area contributed by atoms with Gasteiger partial charge in [-0.1, -0.05) is 24.9 Å². The van der Waals surface area contributed by atoms with E-state index >= 15 is 0 Å². The van der Waals surface area contributed by atoms with Crippen LogP contribution in [0, 0.1) is 6.92 Å². The summed E-state index contributed by atoms with van der Waals surface area (Å²) in [5.74, 6) is -1.53. The van der Waals surface area contributed by atoms with Crippen molar-refractivity contribution >= 4 is 29.6 Å². The van der Waals surface area contributed by atoms with E-state index in [4.69, 9.17) is 11.6 Å². The largest absolute Gasteiger partial charge is 0.480 e. The fourth-order valence-electron chi connectivity index (χ4n) is 2.03. The van der Waals surface area contributed by atoms with E-state index in [-0.39, 0.29) is 0 Å². The SMILES string of the molecule is CCCC(C)(NC(=O)/C=C/c1c(C)nn(C)c1Cl)C(=O)O. The molecule has 116 valence electrons. The van der Waals surface area contributed by atoms with Gasteiger partial charge in [-0.05, 0) is 26.3 Å². The van der Waals surface area contributed by atoms with Crippen molar-refractivity contribution in [1.29, 1.82) is 0 Å². The lowest BCUT2D eigenvalue weighted by Gasteiger charge is -2.24. The zero-order chi connectivity index (χ0) is 16.2. The van der Waals surface area contributed by atoms with E-state index in [1.165, 1.54) is 23.8 Å². The summed E-state index contributed by atoms with van der Waals surface area (Å²) >= 11 is 6.05. The number of hydrogen-bond acceptors (Lipinski definition) is 3. The molecule has 21 heavy (non-hydrogen) atoms. The summed E-state index contributed by atoms with van der Waals surface area (Å²) < 4.78 is 1.51. The molecule has 7 heteroatoms. The highest BCUT2D eigenvalue weighted by Gasteiger charge is 2.33. The Balaban J connectivity index is 2.86. The van der Waals surface area contributed by atoms with Crippen LogP contribution in [0.4, 0.5) is 0 Å². The molecule has 2 N–H and O–H groups in total. The topological polar surface area (TPSA) is 84.2 Å². The number of rotatable bonds is 6. The number of nitrogens with zero attached hydrogens (tertiary/aromatic N) is 2. The number of aliphatic carboxylic acids is 1. The molecule has 0 fully saturated rings. The van der Waals surface area contributed by atoms with E-state index < -0.39 is 17.4 Å². The van der Waals surface area contributed by atoms with Crippen LogP contribution in [-0.4, -0.2) is 32.3 Å². The average Bonchev–Trinajstić information content (AvgIpc) is 2.61. The summed E-state index contributed by atoms with van der Waals surface area (Å²) in [7, 11) is 1.70. The summed E-state index contributed by atoms with van der Waals surface area (Å²) in [4.78, 5) is 23.2. The minimum atomic E-state index is -1.27. The fourth-order valence-corrected chi connectivity index (χ4v) is 2.27. The van der Waals surface area contributed by atoms with Gasteiger partial charge in [0, 0.05) is 18.7 Å². The van der Waals surface area contributed by atoms with E-state index in [0.29, 0.717) is 29.3 Å². The van der Waals surface area contributed by atoms with Crippen LogP contribution in [0.3, 0.4) is 0 Å². The van der Waals surface area contributed by atoms with Crippen molar-refractivity contribution in [3.63, 3.8) is 0 Å². The van der Waals surface area contributed by atoms with Gasteiger partial charge in [-0.2, -0.15) is 5.10 Å². The highest BCUT2D eigenvalue weighted by atomic mass is 35.5. The second kappa shape index (κ2) is 6.76. The van der Waals surface area contributed by atoms with Crippen molar-refractivity contribution in [3.05, 3.63) is 22.5 Å². The van der Waals surface area contributed by atoms with Crippen molar-refractivity contribution in [2.24, 2.45) is 7.05 Å². The summed E-state index contributed by atoms with van der Waals surface area (Å²) in [6.07, 6.45) is 3.82. The lowest BCUT2D eigenvalue weighted by Crippen LogP contribution is -2.51. The van der Waals surface area contributed by atoms with E-state index in [2.05, 4.69) is 10.4 Å². The van der Waals surface area contributed by atoms with Gasteiger partial charge in [-0.25, -0.2) is 4.79 Å². The molecule has 1 heterocycles. The van der Waals surface area contributed by atoms with Crippen LogP contribution < -0.4 is 5.32 Å². The molecular formula is C14H20ClN3O3. The maximum absolute atomic E-state index is 11.9. The highest BCUT2D eigenvalue weighted by Crippen LogP contribution is 2.20. The van der Waals surface area contributed by atoms with Gasteiger partial charge in [0.15, 0.2) is 0 Å². The molecule has 1 atom stereocenters. The van der Waals surface area contributed by atoms with Crippen LogP contribution in [0.2, 0.25) is 5.15 Å². The number of amides is 1. The molecule has 1 aromatic rings. The molecule has 0 bridgehead atoms. The zero-order valence-corrected chi connectivity index (χ0v) is 13.4. The van der Waals surface area contributed by atoms with Crippen LogP contribution in [-0.2, 0) is 16.6 Å². The summed E-state index contributed by atoms with van der Waals surface area (Å²) in [6, 6.07) is 0. The molecule has 1 unspecified atom stereocenters. The molecule has 0 radical (unpaired) electrons. The lowest BCUT2D eigenvalue weighted by molar-refractivity contribution is -0.146. The summed E-state index contributed by atoms with van der Waals surface area (Å²) in [6.45, 7) is 5.14. The van der Waals surface area contributed by atoms with Crippen molar-refractivity contribution < 1.29 is 14.7 Å². The number of aryl methyl sites for hydroxylation is 2. The van der Waals surface area contributed by atoms with E-state index in [0.717, 1.165) is 0 Å². The third-order valence-corrected chi connectivity index (χ3v) is 3.67. The maximum Gasteiger partial charge on any atom is 0.329 e. The Bertz CT molecular complexity index is 580. The predicted molar refractivity (Wildman–Crippen MR) is 81.1 cm³/mol. The first-order valence-corrected chi connectivity index (χ1v) is 7.01. The minimum Gasteiger partial charge on any atom is -0.480 e. The Morgan fingerprint density at radius 2 is 2.14 bits per heavy atom. The number of carboxylic acid groups (broad SMARTS) is 1. The molecule has 1 amide bonds.